The smallest absolute Gasteiger partial charge is 0.317 e. The summed E-state index contributed by atoms with van der Waals surface area (Å²) in [4.78, 5) is 14.3. The third kappa shape index (κ3) is 3.83. The zero-order valence-corrected chi connectivity index (χ0v) is 10.5. The first-order chi connectivity index (χ1) is 7.65. The zero-order chi connectivity index (χ0) is 12.0. The third-order valence-corrected chi connectivity index (χ3v) is 3.47. The van der Waals surface area contributed by atoms with E-state index < -0.39 is 0 Å². The molecular weight excluding hydrogens is 224 g/mol. The first-order valence-electron chi connectivity index (χ1n) is 5.28. The summed E-state index contributed by atoms with van der Waals surface area (Å²) in [5, 5.41) is 13.6. The molecular formula is C11H18N2O2S. The van der Waals surface area contributed by atoms with Crippen LogP contribution in [0.15, 0.2) is 17.5 Å². The average Bonchev–Trinajstić information content (AvgIpc) is 2.79. The van der Waals surface area contributed by atoms with Crippen molar-refractivity contribution < 1.29 is 9.90 Å². The summed E-state index contributed by atoms with van der Waals surface area (Å²) in [6, 6.07) is 3.94. The van der Waals surface area contributed by atoms with E-state index in [0.29, 0.717) is 19.0 Å². The van der Waals surface area contributed by atoms with E-state index in [4.69, 9.17) is 5.11 Å². The van der Waals surface area contributed by atoms with Gasteiger partial charge in [-0.25, -0.2) is 4.79 Å². The molecule has 1 unspecified atom stereocenters. The number of nitrogens with one attached hydrogen (secondary N) is 1. The molecule has 0 radical (unpaired) electrons. The maximum atomic E-state index is 11.5. The third-order valence-electron chi connectivity index (χ3n) is 2.37. The highest BCUT2D eigenvalue weighted by molar-refractivity contribution is 7.10. The van der Waals surface area contributed by atoms with E-state index in [-0.39, 0.29) is 12.6 Å². The number of likely N-dealkylation sites (N-methyl/N-ethyl adjacent to an activating group) is 1. The molecule has 90 valence electrons. The van der Waals surface area contributed by atoms with Crippen LogP contribution in [0.1, 0.15) is 17.7 Å². The Morgan fingerprint density at radius 1 is 1.69 bits per heavy atom. The van der Waals surface area contributed by atoms with Gasteiger partial charge in [0, 0.05) is 30.9 Å². The molecule has 0 saturated heterocycles. The topological polar surface area (TPSA) is 52.6 Å². The fourth-order valence-electron chi connectivity index (χ4n) is 1.30. The summed E-state index contributed by atoms with van der Waals surface area (Å²) >= 11 is 1.70. The number of carbonyl (C=O) groups excluding carboxylic acids is 1. The monoisotopic (exact) mass is 242 g/mol. The number of nitrogens with zero attached hydrogens (tertiary/aromatic N) is 1. The molecule has 0 aliphatic heterocycles. The number of aliphatic hydroxyl groups excluding tert-OH is 1. The van der Waals surface area contributed by atoms with E-state index in [0.717, 1.165) is 0 Å². The molecule has 0 aromatic carbocycles. The molecule has 0 aliphatic rings. The van der Waals surface area contributed by atoms with Gasteiger partial charge in [0.2, 0.25) is 0 Å². The van der Waals surface area contributed by atoms with Crippen molar-refractivity contribution in [2.75, 3.05) is 26.7 Å². The van der Waals surface area contributed by atoms with E-state index in [9.17, 15) is 4.79 Å². The summed E-state index contributed by atoms with van der Waals surface area (Å²) in [6.07, 6.45) is 0. The lowest BCUT2D eigenvalue weighted by Gasteiger charge is -2.18. The van der Waals surface area contributed by atoms with Gasteiger partial charge in [0.1, 0.15) is 0 Å². The maximum absolute atomic E-state index is 11.5. The van der Waals surface area contributed by atoms with Crippen molar-refractivity contribution in [1.82, 2.24) is 10.2 Å². The highest BCUT2D eigenvalue weighted by atomic mass is 32.1. The van der Waals surface area contributed by atoms with Crippen LogP contribution in [0.5, 0.6) is 0 Å². The molecule has 1 heterocycles. The highest BCUT2D eigenvalue weighted by Crippen LogP contribution is 2.19. The van der Waals surface area contributed by atoms with Crippen LogP contribution in [0.2, 0.25) is 0 Å². The predicted molar refractivity (Wildman–Crippen MR) is 65.8 cm³/mol. The van der Waals surface area contributed by atoms with E-state index in [1.807, 2.05) is 11.4 Å². The van der Waals surface area contributed by atoms with E-state index in [1.165, 1.54) is 9.78 Å². The van der Waals surface area contributed by atoms with Gasteiger partial charge in [0.25, 0.3) is 0 Å². The van der Waals surface area contributed by atoms with Crippen molar-refractivity contribution in [1.29, 1.82) is 0 Å². The molecule has 5 heteroatoms. The number of hydrogen-bond donors (Lipinski definition) is 2. The normalized spacial score (nSPS) is 12.2. The number of rotatable bonds is 5. The lowest BCUT2D eigenvalue weighted by atomic mass is 10.1. The second-order valence-electron chi connectivity index (χ2n) is 3.75. The molecule has 1 rings (SSSR count). The van der Waals surface area contributed by atoms with Gasteiger partial charge in [-0.05, 0) is 11.4 Å². The number of aliphatic hydroxyl groups is 1. The van der Waals surface area contributed by atoms with Crippen LogP contribution in [0.25, 0.3) is 0 Å². The first kappa shape index (κ1) is 13.0. The highest BCUT2D eigenvalue weighted by Gasteiger charge is 2.10. The Hall–Kier alpha value is -1.07. The quantitative estimate of drug-likeness (QED) is 0.822. The average molecular weight is 242 g/mol. The van der Waals surface area contributed by atoms with Gasteiger partial charge in [-0.1, -0.05) is 13.0 Å². The second-order valence-corrected chi connectivity index (χ2v) is 4.73. The van der Waals surface area contributed by atoms with Crippen LogP contribution in [-0.2, 0) is 0 Å². The predicted octanol–water partition coefficient (Wildman–Crippen LogP) is 1.49. The van der Waals surface area contributed by atoms with Crippen molar-refractivity contribution in [2.45, 2.75) is 12.8 Å². The fraction of sp³-hybridized carbons (Fsp3) is 0.545. The number of carbonyl (C=O) groups is 1. The standard InChI is InChI=1S/C11H18N2O2S/c1-9(10-4-3-7-16-10)8-12-11(15)13(2)5-6-14/h3-4,7,9,14H,5-6,8H2,1-2H3,(H,12,15). The lowest BCUT2D eigenvalue weighted by molar-refractivity contribution is 0.190. The van der Waals surface area contributed by atoms with Crippen molar-refractivity contribution >= 4 is 17.4 Å². The molecule has 0 aliphatic carbocycles. The van der Waals surface area contributed by atoms with Gasteiger partial charge < -0.3 is 15.3 Å². The second kappa shape index (κ2) is 6.50. The Kier molecular flexibility index (Phi) is 5.28. The minimum Gasteiger partial charge on any atom is -0.395 e. The Balaban J connectivity index is 2.31. The molecule has 4 nitrogen and oxygen atoms in total. The van der Waals surface area contributed by atoms with Crippen molar-refractivity contribution in [3.8, 4) is 0 Å². The van der Waals surface area contributed by atoms with Crippen LogP contribution in [0.3, 0.4) is 0 Å². The number of amides is 2. The molecule has 2 N–H and O–H groups in total. The van der Waals surface area contributed by atoms with E-state index >= 15 is 0 Å². The molecule has 1 aromatic rings. The number of thiophene rings is 1. The molecule has 0 saturated carbocycles. The van der Waals surface area contributed by atoms with Crippen LogP contribution in [0.4, 0.5) is 4.79 Å². The van der Waals surface area contributed by atoms with Gasteiger partial charge in [0.15, 0.2) is 0 Å². The van der Waals surface area contributed by atoms with Crippen molar-refractivity contribution in [2.24, 2.45) is 0 Å². The molecule has 2 amide bonds. The number of urea groups is 1. The molecule has 0 spiro atoms. The summed E-state index contributed by atoms with van der Waals surface area (Å²) in [5.41, 5.74) is 0. The summed E-state index contributed by atoms with van der Waals surface area (Å²) in [7, 11) is 1.67. The van der Waals surface area contributed by atoms with Crippen molar-refractivity contribution in [3.63, 3.8) is 0 Å². The Morgan fingerprint density at radius 3 is 3.00 bits per heavy atom. The van der Waals surface area contributed by atoms with Crippen LogP contribution in [-0.4, -0.2) is 42.8 Å². The largest absolute Gasteiger partial charge is 0.395 e. The summed E-state index contributed by atoms with van der Waals surface area (Å²) in [6.45, 7) is 3.05. The molecule has 1 atom stereocenters. The minimum absolute atomic E-state index is 0.00953. The molecule has 1 aromatic heterocycles. The van der Waals surface area contributed by atoms with Gasteiger partial charge in [-0.15, -0.1) is 11.3 Å². The Labute approximate surface area is 99.9 Å². The molecule has 0 bridgehead atoms. The van der Waals surface area contributed by atoms with Gasteiger partial charge in [0.05, 0.1) is 6.61 Å². The van der Waals surface area contributed by atoms with Crippen LogP contribution >= 0.6 is 11.3 Å². The van der Waals surface area contributed by atoms with E-state index in [1.54, 1.807) is 18.4 Å². The summed E-state index contributed by atoms with van der Waals surface area (Å²) < 4.78 is 0. The maximum Gasteiger partial charge on any atom is 0.317 e. The van der Waals surface area contributed by atoms with Gasteiger partial charge in [-0.3, -0.25) is 0 Å². The van der Waals surface area contributed by atoms with Crippen LogP contribution in [0, 0.1) is 0 Å². The first-order valence-corrected chi connectivity index (χ1v) is 6.16. The number of hydrogen-bond acceptors (Lipinski definition) is 3. The van der Waals surface area contributed by atoms with Gasteiger partial charge >= 0.3 is 6.03 Å². The van der Waals surface area contributed by atoms with E-state index in [2.05, 4.69) is 18.3 Å². The fourth-order valence-corrected chi connectivity index (χ4v) is 2.09. The summed E-state index contributed by atoms with van der Waals surface area (Å²) in [5.74, 6) is 0.325. The van der Waals surface area contributed by atoms with Gasteiger partial charge in [-0.2, -0.15) is 0 Å². The molecule has 16 heavy (non-hydrogen) atoms. The SMILES string of the molecule is CC(CNC(=O)N(C)CCO)c1cccs1. The molecule has 0 fully saturated rings. The Bertz CT molecular complexity index is 314. The minimum atomic E-state index is -0.141. The lowest BCUT2D eigenvalue weighted by Crippen LogP contribution is -2.40. The zero-order valence-electron chi connectivity index (χ0n) is 9.64. The Morgan fingerprint density at radius 2 is 2.44 bits per heavy atom. The van der Waals surface area contributed by atoms with Crippen LogP contribution < -0.4 is 5.32 Å². The van der Waals surface area contributed by atoms with Crippen molar-refractivity contribution in [3.05, 3.63) is 22.4 Å².